The number of imidazole rings is 1. The maximum Gasteiger partial charge on any atom is 0.203 e. The van der Waals surface area contributed by atoms with Crippen LogP contribution in [0.1, 0.15) is 40.2 Å². The molecule has 0 aliphatic carbocycles. The number of likely N-dealkylation sites (tertiary alicyclic amines) is 1. The van der Waals surface area contributed by atoms with Crippen molar-refractivity contribution in [1.82, 2.24) is 14.5 Å². The molecule has 1 unspecified atom stereocenters. The highest BCUT2D eigenvalue weighted by atomic mass is 15.2. The molecule has 1 saturated heterocycles. The summed E-state index contributed by atoms with van der Waals surface area (Å²) in [5, 5.41) is 3.50. The average Bonchev–Trinajstić information content (AvgIpc) is 2.95. The minimum absolute atomic E-state index is 0.464. The van der Waals surface area contributed by atoms with E-state index in [1.807, 2.05) is 12.4 Å². The molecule has 0 saturated carbocycles. The van der Waals surface area contributed by atoms with E-state index in [0.29, 0.717) is 12.1 Å². The highest BCUT2D eigenvalue weighted by Crippen LogP contribution is 2.19. The summed E-state index contributed by atoms with van der Waals surface area (Å²) in [5.74, 6) is 1.76. The van der Waals surface area contributed by atoms with Crippen LogP contribution in [0.2, 0.25) is 0 Å². The van der Waals surface area contributed by atoms with Gasteiger partial charge >= 0.3 is 0 Å². The number of hydrogen-bond acceptors (Lipinski definition) is 3. The molecule has 4 heteroatoms. The number of anilines is 1. The van der Waals surface area contributed by atoms with Crippen molar-refractivity contribution < 1.29 is 0 Å². The first-order valence-corrected chi connectivity index (χ1v) is 7.08. The SMILES string of the molecule is CC(C)N1CCC(CNc2nccn2C(C)C)C1. The van der Waals surface area contributed by atoms with Crippen LogP contribution < -0.4 is 5.32 Å². The summed E-state index contributed by atoms with van der Waals surface area (Å²) in [6, 6.07) is 1.14. The Kier molecular flexibility index (Phi) is 4.27. The topological polar surface area (TPSA) is 33.1 Å². The maximum absolute atomic E-state index is 4.39. The molecule has 0 bridgehead atoms. The number of hydrogen-bond donors (Lipinski definition) is 1. The van der Waals surface area contributed by atoms with Crippen molar-refractivity contribution in [2.45, 2.75) is 46.2 Å². The van der Waals surface area contributed by atoms with E-state index in [1.165, 1.54) is 19.5 Å². The number of nitrogens with zero attached hydrogens (tertiary/aromatic N) is 3. The molecule has 2 heterocycles. The number of aromatic nitrogens is 2. The Labute approximate surface area is 110 Å². The van der Waals surface area contributed by atoms with E-state index in [-0.39, 0.29) is 0 Å². The summed E-state index contributed by atoms with van der Waals surface area (Å²) in [6.07, 6.45) is 5.22. The predicted octanol–water partition coefficient (Wildman–Crippen LogP) is 2.61. The molecule has 2 rings (SSSR count). The van der Waals surface area contributed by atoms with Crippen molar-refractivity contribution in [3.63, 3.8) is 0 Å². The van der Waals surface area contributed by atoms with Gasteiger partial charge < -0.3 is 14.8 Å². The smallest absolute Gasteiger partial charge is 0.203 e. The Morgan fingerprint density at radius 3 is 2.72 bits per heavy atom. The van der Waals surface area contributed by atoms with Crippen molar-refractivity contribution in [1.29, 1.82) is 0 Å². The van der Waals surface area contributed by atoms with E-state index in [9.17, 15) is 0 Å². The molecule has 102 valence electrons. The first-order chi connectivity index (χ1) is 8.58. The lowest BCUT2D eigenvalue weighted by molar-refractivity contribution is 0.266. The molecule has 4 nitrogen and oxygen atoms in total. The minimum atomic E-state index is 0.464. The van der Waals surface area contributed by atoms with Crippen molar-refractivity contribution in [2.24, 2.45) is 5.92 Å². The third-order valence-corrected chi connectivity index (χ3v) is 3.82. The Morgan fingerprint density at radius 2 is 2.11 bits per heavy atom. The third kappa shape index (κ3) is 3.05. The Hall–Kier alpha value is -1.03. The predicted molar refractivity (Wildman–Crippen MR) is 75.9 cm³/mol. The molecule has 0 aromatic carbocycles. The van der Waals surface area contributed by atoms with Gasteiger partial charge in [-0.1, -0.05) is 0 Å². The van der Waals surface area contributed by atoms with Crippen LogP contribution in [-0.2, 0) is 0 Å². The zero-order valence-electron chi connectivity index (χ0n) is 12.1. The molecular formula is C14H26N4. The summed E-state index contributed by atoms with van der Waals surface area (Å²) in [5.41, 5.74) is 0. The number of nitrogens with one attached hydrogen (secondary N) is 1. The minimum Gasteiger partial charge on any atom is -0.355 e. The van der Waals surface area contributed by atoms with Gasteiger partial charge in [-0.15, -0.1) is 0 Å². The van der Waals surface area contributed by atoms with Gasteiger partial charge in [0.15, 0.2) is 0 Å². The van der Waals surface area contributed by atoms with Crippen LogP contribution >= 0.6 is 0 Å². The highest BCUT2D eigenvalue weighted by Gasteiger charge is 2.24. The van der Waals surface area contributed by atoms with E-state index in [1.54, 1.807) is 0 Å². The van der Waals surface area contributed by atoms with Crippen LogP contribution in [0.15, 0.2) is 12.4 Å². The molecule has 1 N–H and O–H groups in total. The van der Waals surface area contributed by atoms with Crippen LogP contribution in [0.3, 0.4) is 0 Å². The van der Waals surface area contributed by atoms with Gasteiger partial charge in [-0.05, 0) is 46.6 Å². The van der Waals surface area contributed by atoms with E-state index in [4.69, 9.17) is 0 Å². The Bertz CT molecular complexity index is 370. The lowest BCUT2D eigenvalue weighted by Gasteiger charge is -2.20. The maximum atomic E-state index is 4.39. The van der Waals surface area contributed by atoms with Crippen molar-refractivity contribution in [2.75, 3.05) is 25.0 Å². The van der Waals surface area contributed by atoms with Gasteiger partial charge in [0.25, 0.3) is 0 Å². The van der Waals surface area contributed by atoms with Gasteiger partial charge in [0.2, 0.25) is 5.95 Å². The Morgan fingerprint density at radius 1 is 1.33 bits per heavy atom. The summed E-state index contributed by atoms with van der Waals surface area (Å²) < 4.78 is 2.19. The molecular weight excluding hydrogens is 224 g/mol. The van der Waals surface area contributed by atoms with Gasteiger partial charge in [-0.3, -0.25) is 0 Å². The lowest BCUT2D eigenvalue weighted by Crippen LogP contribution is -2.29. The quantitative estimate of drug-likeness (QED) is 0.872. The second-order valence-corrected chi connectivity index (χ2v) is 5.88. The van der Waals surface area contributed by atoms with E-state index < -0.39 is 0 Å². The molecule has 1 atom stereocenters. The monoisotopic (exact) mass is 250 g/mol. The first kappa shape index (κ1) is 13.4. The highest BCUT2D eigenvalue weighted by molar-refractivity contribution is 5.26. The van der Waals surface area contributed by atoms with Gasteiger partial charge in [-0.25, -0.2) is 4.98 Å². The van der Waals surface area contributed by atoms with Crippen molar-refractivity contribution >= 4 is 5.95 Å². The molecule has 1 aromatic rings. The van der Waals surface area contributed by atoms with Crippen molar-refractivity contribution in [3.8, 4) is 0 Å². The Balaban J connectivity index is 1.83. The first-order valence-electron chi connectivity index (χ1n) is 7.08. The van der Waals surface area contributed by atoms with E-state index in [0.717, 1.165) is 18.4 Å². The lowest BCUT2D eigenvalue weighted by atomic mass is 10.1. The molecule has 1 aliphatic rings. The fourth-order valence-corrected chi connectivity index (χ4v) is 2.60. The summed E-state index contributed by atoms with van der Waals surface area (Å²) >= 11 is 0. The molecule has 1 aliphatic heterocycles. The second kappa shape index (κ2) is 5.74. The van der Waals surface area contributed by atoms with Crippen LogP contribution in [0.5, 0.6) is 0 Å². The molecule has 0 spiro atoms. The van der Waals surface area contributed by atoms with Crippen LogP contribution in [0.4, 0.5) is 5.95 Å². The van der Waals surface area contributed by atoms with Gasteiger partial charge in [0, 0.05) is 37.6 Å². The zero-order valence-corrected chi connectivity index (χ0v) is 12.1. The normalized spacial score (nSPS) is 21.1. The third-order valence-electron chi connectivity index (χ3n) is 3.82. The summed E-state index contributed by atoms with van der Waals surface area (Å²) in [7, 11) is 0. The standard InChI is InChI=1S/C14H26N4/c1-11(2)17-7-5-13(10-17)9-16-14-15-6-8-18(14)12(3)4/h6,8,11-13H,5,7,9-10H2,1-4H3,(H,15,16). The van der Waals surface area contributed by atoms with Crippen LogP contribution in [0.25, 0.3) is 0 Å². The second-order valence-electron chi connectivity index (χ2n) is 5.88. The van der Waals surface area contributed by atoms with Crippen molar-refractivity contribution in [3.05, 3.63) is 12.4 Å². The molecule has 0 radical (unpaired) electrons. The van der Waals surface area contributed by atoms with Gasteiger partial charge in [0.1, 0.15) is 0 Å². The van der Waals surface area contributed by atoms with Crippen LogP contribution in [0, 0.1) is 5.92 Å². The molecule has 1 fully saturated rings. The summed E-state index contributed by atoms with van der Waals surface area (Å²) in [4.78, 5) is 6.95. The zero-order chi connectivity index (χ0) is 13.1. The van der Waals surface area contributed by atoms with Crippen LogP contribution in [-0.4, -0.2) is 40.1 Å². The van der Waals surface area contributed by atoms with E-state index >= 15 is 0 Å². The average molecular weight is 250 g/mol. The molecule has 0 amide bonds. The van der Waals surface area contributed by atoms with Gasteiger partial charge in [0.05, 0.1) is 0 Å². The molecule has 18 heavy (non-hydrogen) atoms. The molecule has 1 aromatic heterocycles. The largest absolute Gasteiger partial charge is 0.355 e. The van der Waals surface area contributed by atoms with E-state index in [2.05, 4.69) is 47.5 Å². The fourth-order valence-electron chi connectivity index (χ4n) is 2.60. The fraction of sp³-hybridized carbons (Fsp3) is 0.786. The summed E-state index contributed by atoms with van der Waals surface area (Å²) in [6.45, 7) is 12.4. The number of rotatable bonds is 5. The van der Waals surface area contributed by atoms with Gasteiger partial charge in [-0.2, -0.15) is 0 Å².